The number of hydrogen-bond acceptors (Lipinski definition) is 0. The molecule has 18 heavy (non-hydrogen) atoms. The molecule has 0 heterocycles. The van der Waals surface area contributed by atoms with Crippen molar-refractivity contribution in [2.24, 2.45) is 0 Å². The van der Waals surface area contributed by atoms with Crippen molar-refractivity contribution in [2.75, 3.05) is 0 Å². The van der Waals surface area contributed by atoms with E-state index in [-0.39, 0.29) is 0 Å². The van der Waals surface area contributed by atoms with Crippen LogP contribution in [0.2, 0.25) is 0 Å². The third kappa shape index (κ3) is 2.08. The molecular weight excluding hydrogens is 352 g/mol. The van der Waals surface area contributed by atoms with Crippen LogP contribution < -0.4 is 0 Å². The van der Waals surface area contributed by atoms with Crippen molar-refractivity contribution < 1.29 is 0 Å². The van der Waals surface area contributed by atoms with Crippen LogP contribution in [0.4, 0.5) is 0 Å². The molecule has 2 heteroatoms. The Bertz CT molecular complexity index is 655. The number of alkyl halides is 2. The van der Waals surface area contributed by atoms with Crippen LogP contribution in [0.5, 0.6) is 0 Å². The van der Waals surface area contributed by atoms with Gasteiger partial charge >= 0.3 is 0 Å². The molecule has 0 aromatic heterocycles. The first-order chi connectivity index (χ1) is 8.81. The van der Waals surface area contributed by atoms with Crippen LogP contribution in [0.25, 0.3) is 21.5 Å². The summed E-state index contributed by atoms with van der Waals surface area (Å²) in [6.45, 7) is 0. The maximum absolute atomic E-state index is 3.56. The fourth-order valence-corrected chi connectivity index (χ4v) is 3.38. The zero-order chi connectivity index (χ0) is 12.5. The summed E-state index contributed by atoms with van der Waals surface area (Å²) in [4.78, 5) is 0. The van der Waals surface area contributed by atoms with E-state index < -0.39 is 0 Å². The molecule has 0 N–H and O–H groups in total. The van der Waals surface area contributed by atoms with Crippen molar-refractivity contribution in [3.05, 3.63) is 59.7 Å². The fourth-order valence-electron chi connectivity index (χ4n) is 2.34. The Morgan fingerprint density at radius 3 is 1.44 bits per heavy atom. The second kappa shape index (κ2) is 5.02. The molecule has 0 nitrogen and oxygen atoms in total. The molecule has 0 radical (unpaired) electrons. The lowest BCUT2D eigenvalue weighted by molar-refractivity contribution is 1.32. The quantitative estimate of drug-likeness (QED) is 0.399. The predicted octanol–water partition coefficient (Wildman–Crippen LogP) is 5.78. The molecule has 0 unspecified atom stereocenters. The monoisotopic (exact) mass is 362 g/mol. The molecule has 0 saturated heterocycles. The van der Waals surface area contributed by atoms with Gasteiger partial charge in [-0.25, -0.2) is 0 Å². The van der Waals surface area contributed by atoms with Gasteiger partial charge in [-0.05, 0) is 56.9 Å². The summed E-state index contributed by atoms with van der Waals surface area (Å²) in [7, 11) is 0. The van der Waals surface area contributed by atoms with Crippen LogP contribution in [-0.4, -0.2) is 0 Å². The molecule has 0 spiro atoms. The average Bonchev–Trinajstić information content (AvgIpc) is 2.43. The third-order valence-electron chi connectivity index (χ3n) is 3.31. The Hall–Kier alpha value is -0.860. The van der Waals surface area contributed by atoms with Crippen molar-refractivity contribution >= 4 is 53.4 Å². The van der Waals surface area contributed by atoms with Crippen molar-refractivity contribution in [2.45, 2.75) is 10.7 Å². The van der Waals surface area contributed by atoms with Crippen LogP contribution in [0.3, 0.4) is 0 Å². The summed E-state index contributed by atoms with van der Waals surface area (Å²) in [6.07, 6.45) is 0. The van der Waals surface area contributed by atoms with Crippen LogP contribution in [0.1, 0.15) is 11.1 Å². The van der Waals surface area contributed by atoms with Gasteiger partial charge < -0.3 is 0 Å². The minimum atomic E-state index is 0.900. The molecule has 0 aliphatic heterocycles. The van der Waals surface area contributed by atoms with E-state index in [1.165, 1.54) is 32.7 Å². The highest BCUT2D eigenvalue weighted by atomic mass is 79.9. The van der Waals surface area contributed by atoms with Gasteiger partial charge in [-0.3, -0.25) is 0 Å². The number of rotatable bonds is 2. The summed E-state index contributed by atoms with van der Waals surface area (Å²) >= 11 is 7.13. The first-order valence-corrected chi connectivity index (χ1v) is 8.12. The Labute approximate surface area is 123 Å². The Morgan fingerprint density at radius 2 is 1.06 bits per heavy atom. The van der Waals surface area contributed by atoms with Gasteiger partial charge in [0, 0.05) is 10.7 Å². The highest BCUT2D eigenvalue weighted by molar-refractivity contribution is 9.09. The lowest BCUT2D eigenvalue weighted by Crippen LogP contribution is -1.89. The van der Waals surface area contributed by atoms with Crippen LogP contribution >= 0.6 is 31.9 Å². The van der Waals surface area contributed by atoms with E-state index in [9.17, 15) is 0 Å². The molecule has 3 aromatic rings. The molecular formula is C16H12Br2. The summed E-state index contributed by atoms with van der Waals surface area (Å²) in [5.41, 5.74) is 2.71. The standard InChI is InChI=1S/C16H12Br2/c17-9-15-7-13-5-11-3-1-2-4-12(11)6-14(13)8-16(15)10-18/h1-8H,9-10H2. The molecule has 0 aliphatic carbocycles. The van der Waals surface area contributed by atoms with E-state index in [0.29, 0.717) is 0 Å². The lowest BCUT2D eigenvalue weighted by Gasteiger charge is -2.08. The van der Waals surface area contributed by atoms with Gasteiger partial charge in [0.2, 0.25) is 0 Å². The first-order valence-electron chi connectivity index (χ1n) is 5.88. The first kappa shape index (κ1) is 12.2. The lowest BCUT2D eigenvalue weighted by atomic mass is 9.99. The third-order valence-corrected chi connectivity index (χ3v) is 4.52. The molecule has 0 saturated carbocycles. The average molecular weight is 364 g/mol. The zero-order valence-corrected chi connectivity index (χ0v) is 13.0. The second-order valence-corrected chi connectivity index (χ2v) is 5.56. The topological polar surface area (TPSA) is 0 Å². The molecule has 90 valence electrons. The molecule has 3 aromatic carbocycles. The van der Waals surface area contributed by atoms with Crippen LogP contribution in [0.15, 0.2) is 48.5 Å². The molecule has 0 amide bonds. The van der Waals surface area contributed by atoms with Gasteiger partial charge in [0.05, 0.1) is 0 Å². The van der Waals surface area contributed by atoms with E-state index in [2.05, 4.69) is 80.4 Å². The summed E-state index contributed by atoms with van der Waals surface area (Å²) < 4.78 is 0. The minimum absolute atomic E-state index is 0.900. The van der Waals surface area contributed by atoms with Crippen molar-refractivity contribution in [3.8, 4) is 0 Å². The Kier molecular flexibility index (Phi) is 3.40. The van der Waals surface area contributed by atoms with E-state index in [4.69, 9.17) is 0 Å². The maximum atomic E-state index is 3.56. The van der Waals surface area contributed by atoms with Crippen molar-refractivity contribution in [1.29, 1.82) is 0 Å². The summed E-state index contributed by atoms with van der Waals surface area (Å²) in [5.74, 6) is 0. The summed E-state index contributed by atoms with van der Waals surface area (Å²) in [6, 6.07) is 17.6. The normalized spacial score (nSPS) is 11.2. The van der Waals surface area contributed by atoms with Gasteiger partial charge in [0.15, 0.2) is 0 Å². The van der Waals surface area contributed by atoms with E-state index in [1.807, 2.05) is 0 Å². The second-order valence-electron chi connectivity index (χ2n) is 4.43. The summed E-state index contributed by atoms with van der Waals surface area (Å²) in [5, 5.41) is 7.03. The van der Waals surface area contributed by atoms with E-state index in [1.54, 1.807) is 0 Å². The van der Waals surface area contributed by atoms with Crippen LogP contribution in [-0.2, 0) is 10.7 Å². The minimum Gasteiger partial charge on any atom is -0.0876 e. The van der Waals surface area contributed by atoms with E-state index in [0.717, 1.165) is 10.7 Å². The largest absolute Gasteiger partial charge is 0.0876 e. The van der Waals surface area contributed by atoms with Gasteiger partial charge in [0.25, 0.3) is 0 Å². The number of benzene rings is 3. The maximum Gasteiger partial charge on any atom is 0.0286 e. The highest BCUT2D eigenvalue weighted by Crippen LogP contribution is 2.27. The zero-order valence-electron chi connectivity index (χ0n) is 9.79. The Balaban J connectivity index is 2.36. The SMILES string of the molecule is BrCc1cc2cc3ccccc3cc2cc1CBr. The molecule has 0 aliphatic rings. The van der Waals surface area contributed by atoms with Gasteiger partial charge in [-0.15, -0.1) is 0 Å². The predicted molar refractivity (Wildman–Crippen MR) is 86.7 cm³/mol. The number of hydrogen-bond donors (Lipinski definition) is 0. The molecule has 0 bridgehead atoms. The van der Waals surface area contributed by atoms with Crippen LogP contribution in [0, 0.1) is 0 Å². The molecule has 3 rings (SSSR count). The van der Waals surface area contributed by atoms with E-state index >= 15 is 0 Å². The van der Waals surface area contributed by atoms with Crippen molar-refractivity contribution in [3.63, 3.8) is 0 Å². The van der Waals surface area contributed by atoms with Gasteiger partial charge in [-0.1, -0.05) is 56.1 Å². The van der Waals surface area contributed by atoms with Gasteiger partial charge in [0.1, 0.15) is 0 Å². The molecule has 0 atom stereocenters. The highest BCUT2D eigenvalue weighted by Gasteiger charge is 2.04. The number of fused-ring (bicyclic) bond motifs is 2. The smallest absolute Gasteiger partial charge is 0.0286 e. The number of halogens is 2. The fraction of sp³-hybridized carbons (Fsp3) is 0.125. The molecule has 0 fully saturated rings. The van der Waals surface area contributed by atoms with Gasteiger partial charge in [-0.2, -0.15) is 0 Å². The Morgan fingerprint density at radius 1 is 0.611 bits per heavy atom. The van der Waals surface area contributed by atoms with Crippen molar-refractivity contribution in [1.82, 2.24) is 0 Å².